The SMILES string of the molecule is CCCCCCCC/C=C\CCCCCCCC(=O)NCCN(CCNC(=O)CCCCCCC/C=C\CCCCCCCC)C(=O)/C=C\C(=O)N[C@@H](CCCN=C(N)N)C(=O)N[C@@H](CCCN=C(N)N)C(=O)N[C@@H](CCCN=C(N)N)C(N)=O. The van der Waals surface area contributed by atoms with Gasteiger partial charge in [0.2, 0.25) is 41.4 Å². The number of nitrogens with one attached hydrogen (secondary N) is 5. The summed E-state index contributed by atoms with van der Waals surface area (Å²) >= 11 is 0. The molecular formula is C62H116N16O7. The van der Waals surface area contributed by atoms with E-state index in [1.807, 2.05) is 0 Å². The van der Waals surface area contributed by atoms with Gasteiger partial charge in [-0.25, -0.2) is 0 Å². The maximum absolute atomic E-state index is 14.0. The fourth-order valence-corrected chi connectivity index (χ4v) is 9.23. The number of rotatable bonds is 56. The zero-order chi connectivity index (χ0) is 63.0. The molecule has 0 aromatic heterocycles. The quantitative estimate of drug-likeness (QED) is 0.0113. The van der Waals surface area contributed by atoms with Crippen molar-refractivity contribution in [1.29, 1.82) is 0 Å². The second-order valence-electron chi connectivity index (χ2n) is 22.0. The van der Waals surface area contributed by atoms with Gasteiger partial charge in [0.15, 0.2) is 17.9 Å². The van der Waals surface area contributed by atoms with Gasteiger partial charge in [0.25, 0.3) is 0 Å². The third-order valence-corrected chi connectivity index (χ3v) is 14.2. The molecule has 0 unspecified atom stereocenters. The van der Waals surface area contributed by atoms with Gasteiger partial charge in [-0.15, -0.1) is 0 Å². The molecule has 0 aromatic rings. The van der Waals surface area contributed by atoms with Gasteiger partial charge in [-0.3, -0.25) is 48.5 Å². The number of nitrogens with zero attached hydrogens (tertiary/aromatic N) is 4. The van der Waals surface area contributed by atoms with E-state index in [4.69, 9.17) is 40.1 Å². The highest BCUT2D eigenvalue weighted by Crippen LogP contribution is 2.13. The molecule has 7 amide bonds. The van der Waals surface area contributed by atoms with Crippen molar-refractivity contribution in [2.24, 2.45) is 55.1 Å². The van der Waals surface area contributed by atoms with Crippen LogP contribution in [-0.4, -0.2) is 128 Å². The number of primary amides is 1. The molecule has 0 rings (SSSR count). The van der Waals surface area contributed by atoms with Crippen LogP contribution in [0, 0.1) is 0 Å². The minimum Gasteiger partial charge on any atom is -0.370 e. The Balaban J connectivity index is 5.82. The molecule has 23 heteroatoms. The first kappa shape index (κ1) is 78.3. The summed E-state index contributed by atoms with van der Waals surface area (Å²) in [5, 5.41) is 13.7. The normalized spacial score (nSPS) is 12.3. The van der Waals surface area contributed by atoms with E-state index in [-0.39, 0.29) is 108 Å². The first-order valence-corrected chi connectivity index (χ1v) is 32.2. The van der Waals surface area contributed by atoms with Crippen LogP contribution in [0.4, 0.5) is 0 Å². The summed E-state index contributed by atoms with van der Waals surface area (Å²) in [6.45, 7) is 5.36. The molecule has 19 N–H and O–H groups in total. The molecule has 23 nitrogen and oxygen atoms in total. The van der Waals surface area contributed by atoms with Crippen LogP contribution in [0.3, 0.4) is 0 Å². The molecule has 0 bridgehead atoms. The number of carbonyl (C=O) groups excluding carboxylic acids is 7. The number of aliphatic imine (C=N–C) groups is 3. The minimum atomic E-state index is -1.26. The number of amides is 7. The lowest BCUT2D eigenvalue weighted by Gasteiger charge is -2.24. The Morgan fingerprint density at radius 2 is 0.729 bits per heavy atom. The fourth-order valence-electron chi connectivity index (χ4n) is 9.23. The standard InChI is InChI=1S/C62H116N16O7/c1-3-5-7-9-11-13-15-17-19-21-23-25-27-29-31-39-53(79)70-46-48-78(49-47-71-54(80)40-32-30-28-26-24-22-20-18-16-14-12-10-8-6-4-2)56(82)42-41-55(81)75-51(37-34-44-73-61(66)67)58(84)77-52(38-35-45-74-62(68)69)59(85)76-50(57(63)83)36-33-43-72-60(64)65/h17-20,41-42,50-52H,3-16,21-40,43-49H2,1-2H3,(H2,63,83)(H,70,79)(H,71,80)(H,75,81)(H,76,85)(H,77,84)(H4,64,65,72)(H4,66,67,73)(H4,68,69,74)/b19-17-,20-18-,42-41-/t50-,51-,52-/m0/s1. The van der Waals surface area contributed by atoms with Crippen molar-refractivity contribution in [3.05, 3.63) is 36.5 Å². The van der Waals surface area contributed by atoms with Crippen LogP contribution >= 0.6 is 0 Å². The van der Waals surface area contributed by atoms with Crippen molar-refractivity contribution >= 4 is 59.2 Å². The maximum atomic E-state index is 14.0. The molecule has 85 heavy (non-hydrogen) atoms. The molecule has 0 aliphatic heterocycles. The Kier molecular flexibility index (Phi) is 50.9. The molecular weight excluding hydrogens is 1080 g/mol. The van der Waals surface area contributed by atoms with Gasteiger partial charge < -0.3 is 71.6 Å². The topological polar surface area (TPSA) is 402 Å². The van der Waals surface area contributed by atoms with E-state index in [1.165, 1.54) is 81.9 Å². The van der Waals surface area contributed by atoms with E-state index >= 15 is 0 Å². The van der Waals surface area contributed by atoms with Crippen molar-refractivity contribution in [3.63, 3.8) is 0 Å². The molecule has 486 valence electrons. The Morgan fingerprint density at radius 1 is 0.400 bits per heavy atom. The van der Waals surface area contributed by atoms with Gasteiger partial charge >= 0.3 is 0 Å². The second kappa shape index (κ2) is 55.2. The summed E-state index contributed by atoms with van der Waals surface area (Å²) < 4.78 is 0. The first-order chi connectivity index (χ1) is 41.0. The second-order valence-corrected chi connectivity index (χ2v) is 22.0. The average molecular weight is 1200 g/mol. The highest BCUT2D eigenvalue weighted by molar-refractivity contribution is 5.99. The van der Waals surface area contributed by atoms with Gasteiger partial charge in [0, 0.05) is 70.8 Å². The zero-order valence-corrected chi connectivity index (χ0v) is 52.4. The summed E-state index contributed by atoms with van der Waals surface area (Å²) in [5.74, 6) is -4.44. The minimum absolute atomic E-state index is 0.00665. The van der Waals surface area contributed by atoms with Gasteiger partial charge in [-0.2, -0.15) is 0 Å². The van der Waals surface area contributed by atoms with Crippen LogP contribution in [0.2, 0.25) is 0 Å². The first-order valence-electron chi connectivity index (χ1n) is 32.2. The van der Waals surface area contributed by atoms with Gasteiger partial charge in [0.05, 0.1) is 0 Å². The molecule has 0 radical (unpaired) electrons. The molecule has 0 fully saturated rings. The summed E-state index contributed by atoms with van der Waals surface area (Å²) in [6.07, 6.45) is 42.9. The highest BCUT2D eigenvalue weighted by atomic mass is 16.2. The number of guanidine groups is 3. The average Bonchev–Trinajstić information content (AvgIpc) is 3.57. The Bertz CT molecular complexity index is 1940. The van der Waals surface area contributed by atoms with E-state index in [2.05, 4.69) is 79.7 Å². The number of unbranched alkanes of at least 4 members (excludes halogenated alkanes) is 22. The molecule has 0 saturated heterocycles. The van der Waals surface area contributed by atoms with E-state index in [0.29, 0.717) is 19.3 Å². The molecule has 0 heterocycles. The Labute approximate surface area is 510 Å². The summed E-state index contributed by atoms with van der Waals surface area (Å²) in [4.78, 5) is 106. The van der Waals surface area contributed by atoms with Crippen LogP contribution < -0.4 is 66.7 Å². The largest absolute Gasteiger partial charge is 0.370 e. The van der Waals surface area contributed by atoms with E-state index < -0.39 is 47.7 Å². The van der Waals surface area contributed by atoms with E-state index in [0.717, 1.165) is 102 Å². The fraction of sp³-hybridized carbons (Fsp3) is 0.742. The van der Waals surface area contributed by atoms with E-state index in [1.54, 1.807) is 0 Å². The van der Waals surface area contributed by atoms with Crippen molar-refractivity contribution in [3.8, 4) is 0 Å². The molecule has 0 aromatic carbocycles. The van der Waals surface area contributed by atoms with Crippen molar-refractivity contribution in [2.45, 2.75) is 250 Å². The predicted molar refractivity (Wildman–Crippen MR) is 345 cm³/mol. The van der Waals surface area contributed by atoms with E-state index in [9.17, 15) is 33.6 Å². The summed E-state index contributed by atoms with van der Waals surface area (Å²) in [7, 11) is 0. The number of nitrogens with two attached hydrogens (primary N) is 7. The maximum Gasteiger partial charge on any atom is 0.246 e. The number of hydrogen-bond acceptors (Lipinski definition) is 10. The third-order valence-electron chi connectivity index (χ3n) is 14.2. The molecule has 3 atom stereocenters. The Morgan fingerprint density at radius 3 is 1.09 bits per heavy atom. The smallest absolute Gasteiger partial charge is 0.246 e. The number of hydrogen-bond donors (Lipinski definition) is 12. The lowest BCUT2D eigenvalue weighted by atomic mass is 10.1. The number of carbonyl (C=O) groups is 7. The third kappa shape index (κ3) is 50.4. The van der Waals surface area contributed by atoms with Crippen LogP contribution in [0.5, 0.6) is 0 Å². The van der Waals surface area contributed by atoms with Crippen molar-refractivity contribution in [1.82, 2.24) is 31.5 Å². The molecule has 0 aliphatic rings. The van der Waals surface area contributed by atoms with Gasteiger partial charge in [-0.05, 0) is 103 Å². The number of allylic oxidation sites excluding steroid dienone is 4. The predicted octanol–water partition coefficient (Wildman–Crippen LogP) is 5.78. The highest BCUT2D eigenvalue weighted by Gasteiger charge is 2.29. The van der Waals surface area contributed by atoms with Gasteiger partial charge in [-0.1, -0.05) is 141 Å². The van der Waals surface area contributed by atoms with Crippen molar-refractivity contribution in [2.75, 3.05) is 45.8 Å². The summed E-state index contributed by atoms with van der Waals surface area (Å²) in [6, 6.07) is -3.63. The zero-order valence-electron chi connectivity index (χ0n) is 52.4. The molecule has 0 spiro atoms. The summed E-state index contributed by atoms with van der Waals surface area (Å²) in [5.41, 5.74) is 38.4. The Hall–Kier alpha value is -6.68. The monoisotopic (exact) mass is 1200 g/mol. The lowest BCUT2D eigenvalue weighted by molar-refractivity contribution is -0.133. The lowest BCUT2D eigenvalue weighted by Crippen LogP contribution is -2.56. The van der Waals surface area contributed by atoms with Gasteiger partial charge in [0.1, 0.15) is 18.1 Å². The molecule has 0 saturated carbocycles. The van der Waals surface area contributed by atoms with Crippen LogP contribution in [0.15, 0.2) is 51.4 Å². The van der Waals surface area contributed by atoms with Crippen LogP contribution in [0.25, 0.3) is 0 Å². The van der Waals surface area contributed by atoms with Crippen LogP contribution in [-0.2, 0) is 33.6 Å². The van der Waals surface area contributed by atoms with Crippen LogP contribution in [0.1, 0.15) is 232 Å². The molecule has 0 aliphatic carbocycles. The van der Waals surface area contributed by atoms with Crippen molar-refractivity contribution < 1.29 is 33.6 Å².